The van der Waals surface area contributed by atoms with Gasteiger partial charge in [0, 0.05) is 24.8 Å². The lowest BCUT2D eigenvalue weighted by molar-refractivity contribution is 0.0786. The lowest BCUT2D eigenvalue weighted by Gasteiger charge is -2.23. The van der Waals surface area contributed by atoms with Gasteiger partial charge in [0.25, 0.3) is 0 Å². The average molecular weight is 206 g/mol. The van der Waals surface area contributed by atoms with Crippen molar-refractivity contribution in [3.05, 3.63) is 29.0 Å². The van der Waals surface area contributed by atoms with E-state index >= 15 is 0 Å². The molecule has 0 N–H and O–H groups in total. The smallest absolute Gasteiger partial charge is 0.125 e. The molecule has 0 saturated heterocycles. The van der Waals surface area contributed by atoms with E-state index in [1.165, 1.54) is 0 Å². The van der Waals surface area contributed by atoms with Crippen LogP contribution in [0.3, 0.4) is 0 Å². The summed E-state index contributed by atoms with van der Waals surface area (Å²) in [6, 6.07) is 0. The molecule has 1 aromatic rings. The summed E-state index contributed by atoms with van der Waals surface area (Å²) in [5.74, 6) is 0.836. The maximum Gasteiger partial charge on any atom is 0.125 e. The Balaban J connectivity index is 2.47. The quantitative estimate of drug-likeness (QED) is 0.732. The number of ether oxygens (including phenoxy) is 2. The summed E-state index contributed by atoms with van der Waals surface area (Å²) in [7, 11) is 3.33. The maximum atomic E-state index is 5.34. The Kier molecular flexibility index (Phi) is 2.68. The van der Waals surface area contributed by atoms with Crippen LogP contribution in [0.1, 0.15) is 17.0 Å². The van der Waals surface area contributed by atoms with Crippen LogP contribution in [0, 0.1) is 6.92 Å². The molecule has 15 heavy (non-hydrogen) atoms. The molecule has 1 atom stereocenters. The van der Waals surface area contributed by atoms with E-state index in [-0.39, 0.29) is 6.10 Å². The van der Waals surface area contributed by atoms with Crippen LogP contribution < -0.4 is 0 Å². The number of rotatable bonds is 2. The van der Waals surface area contributed by atoms with E-state index in [9.17, 15) is 0 Å². The predicted octanol–water partition coefficient (Wildman–Crippen LogP) is 1.34. The first kappa shape index (κ1) is 10.1. The van der Waals surface area contributed by atoms with Gasteiger partial charge in [-0.05, 0) is 13.0 Å². The third-order valence-electron chi connectivity index (χ3n) is 2.67. The Hall–Kier alpha value is -1.42. The maximum absolute atomic E-state index is 5.34. The lowest BCUT2D eigenvalue weighted by atomic mass is 9.98. The van der Waals surface area contributed by atoms with E-state index in [0.29, 0.717) is 0 Å². The van der Waals surface area contributed by atoms with E-state index < -0.39 is 0 Å². The van der Waals surface area contributed by atoms with Gasteiger partial charge < -0.3 is 9.47 Å². The minimum atomic E-state index is -0.0307. The molecule has 0 saturated carbocycles. The van der Waals surface area contributed by atoms with Crippen molar-refractivity contribution >= 4 is 6.08 Å². The van der Waals surface area contributed by atoms with Gasteiger partial charge in [0.1, 0.15) is 18.2 Å². The molecular weight excluding hydrogens is 192 g/mol. The zero-order valence-corrected chi connectivity index (χ0v) is 9.15. The highest BCUT2D eigenvalue weighted by Crippen LogP contribution is 2.25. The molecule has 1 unspecified atom stereocenters. The fourth-order valence-corrected chi connectivity index (χ4v) is 1.78. The van der Waals surface area contributed by atoms with Gasteiger partial charge in [0.15, 0.2) is 0 Å². The van der Waals surface area contributed by atoms with Crippen LogP contribution in [-0.2, 0) is 15.9 Å². The molecule has 0 fully saturated rings. The molecule has 4 heteroatoms. The minimum Gasteiger partial charge on any atom is -0.498 e. The van der Waals surface area contributed by atoms with Gasteiger partial charge in [-0.1, -0.05) is 0 Å². The van der Waals surface area contributed by atoms with Crippen LogP contribution in [0.25, 0.3) is 6.08 Å². The molecule has 4 nitrogen and oxygen atoms in total. The van der Waals surface area contributed by atoms with Crippen molar-refractivity contribution in [2.24, 2.45) is 0 Å². The van der Waals surface area contributed by atoms with E-state index in [0.717, 1.165) is 29.1 Å². The minimum absolute atomic E-state index is 0.0307. The summed E-state index contributed by atoms with van der Waals surface area (Å²) in [4.78, 5) is 8.42. The predicted molar refractivity (Wildman–Crippen MR) is 56.3 cm³/mol. The van der Waals surface area contributed by atoms with Crippen molar-refractivity contribution in [3.8, 4) is 0 Å². The molecule has 0 bridgehead atoms. The standard InChI is InChI=1S/C11H14N2O2/c1-7-8-4-10(14-2)11(15-3)5-9(8)13-6-12-7/h4,6,11H,5H2,1-3H3. The van der Waals surface area contributed by atoms with E-state index in [1.807, 2.05) is 13.0 Å². The number of aromatic nitrogens is 2. The molecule has 80 valence electrons. The summed E-state index contributed by atoms with van der Waals surface area (Å²) in [6.45, 7) is 1.97. The van der Waals surface area contributed by atoms with Crippen molar-refractivity contribution in [1.82, 2.24) is 9.97 Å². The summed E-state index contributed by atoms with van der Waals surface area (Å²) >= 11 is 0. The van der Waals surface area contributed by atoms with Crippen LogP contribution in [-0.4, -0.2) is 30.3 Å². The normalized spacial score (nSPS) is 19.4. The van der Waals surface area contributed by atoms with Crippen molar-refractivity contribution in [1.29, 1.82) is 0 Å². The Labute approximate surface area is 89.0 Å². The third-order valence-corrected chi connectivity index (χ3v) is 2.67. The van der Waals surface area contributed by atoms with E-state index in [2.05, 4.69) is 9.97 Å². The average Bonchev–Trinajstić information content (AvgIpc) is 2.28. The topological polar surface area (TPSA) is 44.2 Å². The van der Waals surface area contributed by atoms with Crippen LogP contribution in [0.15, 0.2) is 12.1 Å². The lowest BCUT2D eigenvalue weighted by Crippen LogP contribution is -2.23. The molecule has 0 amide bonds. The first-order chi connectivity index (χ1) is 7.26. The number of hydrogen-bond acceptors (Lipinski definition) is 4. The number of aryl methyl sites for hydroxylation is 1. The summed E-state index contributed by atoms with van der Waals surface area (Å²) < 4.78 is 10.6. The number of methoxy groups -OCH3 is 2. The molecule has 0 spiro atoms. The van der Waals surface area contributed by atoms with Crippen LogP contribution in [0.5, 0.6) is 0 Å². The van der Waals surface area contributed by atoms with Gasteiger partial charge in [0.2, 0.25) is 0 Å². The zero-order valence-electron chi connectivity index (χ0n) is 9.15. The second-order valence-corrected chi connectivity index (χ2v) is 3.50. The second-order valence-electron chi connectivity index (χ2n) is 3.50. The van der Waals surface area contributed by atoms with Crippen molar-refractivity contribution in [2.45, 2.75) is 19.4 Å². The molecule has 1 heterocycles. The summed E-state index contributed by atoms with van der Waals surface area (Å²) in [5, 5.41) is 0. The van der Waals surface area contributed by atoms with Gasteiger partial charge in [-0.25, -0.2) is 9.97 Å². The van der Waals surface area contributed by atoms with Gasteiger partial charge in [0.05, 0.1) is 12.8 Å². The highest BCUT2D eigenvalue weighted by molar-refractivity contribution is 5.59. The molecule has 0 radical (unpaired) electrons. The number of nitrogens with zero attached hydrogens (tertiary/aromatic N) is 2. The molecule has 1 aliphatic rings. The number of hydrogen-bond donors (Lipinski definition) is 0. The molecule has 0 aliphatic heterocycles. The Morgan fingerprint density at radius 1 is 1.33 bits per heavy atom. The van der Waals surface area contributed by atoms with Crippen LogP contribution >= 0.6 is 0 Å². The van der Waals surface area contributed by atoms with Gasteiger partial charge in [-0.2, -0.15) is 0 Å². The Morgan fingerprint density at radius 2 is 2.13 bits per heavy atom. The van der Waals surface area contributed by atoms with E-state index in [4.69, 9.17) is 9.47 Å². The van der Waals surface area contributed by atoms with Crippen molar-refractivity contribution < 1.29 is 9.47 Å². The largest absolute Gasteiger partial charge is 0.498 e. The monoisotopic (exact) mass is 206 g/mol. The first-order valence-corrected chi connectivity index (χ1v) is 4.85. The van der Waals surface area contributed by atoms with Crippen LogP contribution in [0.4, 0.5) is 0 Å². The molecule has 1 aromatic heterocycles. The second kappa shape index (κ2) is 3.98. The summed E-state index contributed by atoms with van der Waals surface area (Å²) in [6.07, 6.45) is 4.26. The van der Waals surface area contributed by atoms with Crippen molar-refractivity contribution in [3.63, 3.8) is 0 Å². The fraction of sp³-hybridized carbons (Fsp3) is 0.455. The van der Waals surface area contributed by atoms with Crippen molar-refractivity contribution in [2.75, 3.05) is 14.2 Å². The van der Waals surface area contributed by atoms with Crippen LogP contribution in [0.2, 0.25) is 0 Å². The molecular formula is C11H14N2O2. The Bertz CT molecular complexity index is 402. The van der Waals surface area contributed by atoms with E-state index in [1.54, 1.807) is 20.5 Å². The fourth-order valence-electron chi connectivity index (χ4n) is 1.78. The highest BCUT2D eigenvalue weighted by Gasteiger charge is 2.23. The SMILES string of the molecule is COC1=Cc2c(C)ncnc2CC1OC. The third kappa shape index (κ3) is 1.72. The Morgan fingerprint density at radius 3 is 2.80 bits per heavy atom. The molecule has 0 aromatic carbocycles. The van der Waals surface area contributed by atoms with Gasteiger partial charge >= 0.3 is 0 Å². The van der Waals surface area contributed by atoms with Gasteiger partial charge in [-0.3, -0.25) is 0 Å². The zero-order chi connectivity index (χ0) is 10.8. The highest BCUT2D eigenvalue weighted by atomic mass is 16.5. The number of fused-ring (bicyclic) bond motifs is 1. The molecule has 1 aliphatic carbocycles. The first-order valence-electron chi connectivity index (χ1n) is 4.85. The summed E-state index contributed by atoms with van der Waals surface area (Å²) in [5.41, 5.74) is 3.06. The van der Waals surface area contributed by atoms with Gasteiger partial charge in [-0.15, -0.1) is 0 Å². The molecule has 2 rings (SSSR count).